The minimum atomic E-state index is -0.525. The Morgan fingerprint density at radius 1 is 0.806 bits per heavy atom. The minimum Gasteiger partial charge on any atom is -0.496 e. The van der Waals surface area contributed by atoms with Crippen molar-refractivity contribution in [3.8, 4) is 11.5 Å². The molecule has 0 aromatic heterocycles. The molecule has 0 aliphatic rings. The van der Waals surface area contributed by atoms with Gasteiger partial charge in [-0.2, -0.15) is 10.2 Å². The van der Waals surface area contributed by atoms with Gasteiger partial charge in [0.05, 0.1) is 35.5 Å². The first-order valence-electron chi connectivity index (χ1n) is 9.01. The molecule has 0 aliphatic heterocycles. The van der Waals surface area contributed by atoms with Crippen LogP contribution in [0.25, 0.3) is 0 Å². The van der Waals surface area contributed by atoms with Crippen LogP contribution in [0.15, 0.2) is 75.1 Å². The Balaban J connectivity index is 1.75. The zero-order valence-electron chi connectivity index (χ0n) is 16.9. The van der Waals surface area contributed by atoms with E-state index in [1.54, 1.807) is 44.6 Å². The summed E-state index contributed by atoms with van der Waals surface area (Å²) in [6.07, 6.45) is 0. The molecule has 0 bridgehead atoms. The van der Waals surface area contributed by atoms with Crippen molar-refractivity contribution in [1.29, 1.82) is 0 Å². The van der Waals surface area contributed by atoms with E-state index >= 15 is 0 Å². The van der Waals surface area contributed by atoms with Crippen molar-refractivity contribution in [2.75, 3.05) is 14.2 Å². The molecule has 31 heavy (non-hydrogen) atoms. The molecule has 0 fully saturated rings. The van der Waals surface area contributed by atoms with Crippen LogP contribution >= 0.6 is 11.6 Å². The average molecular weight is 440 g/mol. The molecule has 158 valence electrons. The second kappa shape index (κ2) is 9.77. The van der Waals surface area contributed by atoms with Crippen LogP contribution in [0.4, 0.5) is 28.4 Å². The number of rotatable bonds is 7. The number of non-ortho nitro benzene ring substituents is 1. The second-order valence-corrected chi connectivity index (χ2v) is 6.71. The van der Waals surface area contributed by atoms with Gasteiger partial charge in [0, 0.05) is 18.2 Å². The van der Waals surface area contributed by atoms with Gasteiger partial charge < -0.3 is 9.47 Å². The Hall–Kier alpha value is -3.85. The number of aryl methyl sites for hydroxylation is 1. The van der Waals surface area contributed by atoms with Crippen LogP contribution in [0, 0.1) is 17.0 Å². The Kier molecular flexibility index (Phi) is 6.88. The van der Waals surface area contributed by atoms with Gasteiger partial charge in [-0.25, -0.2) is 0 Å². The van der Waals surface area contributed by atoms with Gasteiger partial charge >= 0.3 is 0 Å². The summed E-state index contributed by atoms with van der Waals surface area (Å²) < 4.78 is 10.7. The molecular formula is C21H18ClN5O4. The first-order valence-corrected chi connectivity index (χ1v) is 9.39. The number of ether oxygens (including phenoxy) is 2. The van der Waals surface area contributed by atoms with Crippen LogP contribution < -0.4 is 9.47 Å². The number of azo groups is 2. The first kappa shape index (κ1) is 21.8. The van der Waals surface area contributed by atoms with E-state index in [0.29, 0.717) is 34.2 Å². The third kappa shape index (κ3) is 5.40. The number of hydrogen-bond donors (Lipinski definition) is 0. The lowest BCUT2D eigenvalue weighted by Crippen LogP contribution is -1.90. The Bertz CT molecular complexity index is 1160. The van der Waals surface area contributed by atoms with E-state index in [-0.39, 0.29) is 10.7 Å². The van der Waals surface area contributed by atoms with Gasteiger partial charge in [0.15, 0.2) is 0 Å². The monoisotopic (exact) mass is 439 g/mol. The molecule has 0 spiro atoms. The lowest BCUT2D eigenvalue weighted by Gasteiger charge is -2.09. The molecule has 0 radical (unpaired) electrons. The normalized spacial score (nSPS) is 11.2. The van der Waals surface area contributed by atoms with Gasteiger partial charge in [-0.3, -0.25) is 10.1 Å². The smallest absolute Gasteiger partial charge is 0.271 e. The molecule has 9 nitrogen and oxygen atoms in total. The summed E-state index contributed by atoms with van der Waals surface area (Å²) in [6, 6.07) is 14.5. The Morgan fingerprint density at radius 2 is 1.39 bits per heavy atom. The molecule has 3 aromatic rings. The summed E-state index contributed by atoms with van der Waals surface area (Å²) in [4.78, 5) is 10.2. The van der Waals surface area contributed by atoms with Crippen molar-refractivity contribution in [1.82, 2.24) is 0 Å². The molecule has 0 saturated heterocycles. The van der Waals surface area contributed by atoms with Crippen molar-refractivity contribution in [3.05, 3.63) is 75.3 Å². The van der Waals surface area contributed by atoms with E-state index in [0.717, 1.165) is 5.56 Å². The molecule has 0 aliphatic carbocycles. The highest BCUT2D eigenvalue weighted by Gasteiger charge is 2.09. The van der Waals surface area contributed by atoms with Gasteiger partial charge in [-0.1, -0.05) is 11.6 Å². The van der Waals surface area contributed by atoms with E-state index < -0.39 is 4.92 Å². The lowest BCUT2D eigenvalue weighted by atomic mass is 10.2. The van der Waals surface area contributed by atoms with Crippen LogP contribution in [-0.2, 0) is 0 Å². The van der Waals surface area contributed by atoms with Crippen LogP contribution in [0.1, 0.15) is 5.56 Å². The molecule has 0 unspecified atom stereocenters. The largest absolute Gasteiger partial charge is 0.496 e. The zero-order chi connectivity index (χ0) is 22.4. The van der Waals surface area contributed by atoms with Crippen LogP contribution in [-0.4, -0.2) is 19.1 Å². The lowest BCUT2D eigenvalue weighted by molar-refractivity contribution is -0.384. The average Bonchev–Trinajstić information content (AvgIpc) is 2.77. The highest BCUT2D eigenvalue weighted by Crippen LogP contribution is 2.36. The molecule has 0 amide bonds. The zero-order valence-corrected chi connectivity index (χ0v) is 17.7. The summed E-state index contributed by atoms with van der Waals surface area (Å²) >= 11 is 6.02. The molecule has 0 heterocycles. The van der Waals surface area contributed by atoms with E-state index in [1.807, 2.05) is 13.0 Å². The van der Waals surface area contributed by atoms with Gasteiger partial charge in [0.2, 0.25) is 0 Å². The molecule has 10 heteroatoms. The van der Waals surface area contributed by atoms with Gasteiger partial charge in [0.1, 0.15) is 22.9 Å². The molecule has 0 atom stereocenters. The second-order valence-electron chi connectivity index (χ2n) is 6.30. The number of halogens is 1. The SMILES string of the molecule is COc1cc(N=Nc2ccc(N=Nc3ccc([N+](=O)[O-])cc3Cl)cc2)c(OC)cc1C. The maximum absolute atomic E-state index is 10.8. The highest BCUT2D eigenvalue weighted by molar-refractivity contribution is 6.33. The minimum absolute atomic E-state index is 0.110. The number of hydrogen-bond acceptors (Lipinski definition) is 8. The van der Waals surface area contributed by atoms with Crippen LogP contribution in [0.3, 0.4) is 0 Å². The van der Waals surface area contributed by atoms with Gasteiger partial charge in [-0.05, 0) is 48.9 Å². The van der Waals surface area contributed by atoms with E-state index in [9.17, 15) is 10.1 Å². The fourth-order valence-corrected chi connectivity index (χ4v) is 2.82. The molecule has 3 aromatic carbocycles. The van der Waals surface area contributed by atoms with Crippen molar-refractivity contribution in [2.45, 2.75) is 6.92 Å². The summed E-state index contributed by atoms with van der Waals surface area (Å²) in [5, 5.41) is 27.5. The van der Waals surface area contributed by atoms with Crippen molar-refractivity contribution in [3.63, 3.8) is 0 Å². The number of nitro benzene ring substituents is 1. The van der Waals surface area contributed by atoms with Crippen molar-refractivity contribution in [2.24, 2.45) is 20.5 Å². The first-order chi connectivity index (χ1) is 14.9. The third-order valence-electron chi connectivity index (χ3n) is 4.23. The highest BCUT2D eigenvalue weighted by atomic mass is 35.5. The Labute approximate surface area is 183 Å². The number of methoxy groups -OCH3 is 2. The number of nitrogens with zero attached hydrogens (tertiary/aromatic N) is 5. The van der Waals surface area contributed by atoms with E-state index in [4.69, 9.17) is 21.1 Å². The fourth-order valence-electron chi connectivity index (χ4n) is 2.61. The number of nitro groups is 1. The quantitative estimate of drug-likeness (QED) is 0.217. The summed E-state index contributed by atoms with van der Waals surface area (Å²) in [5.41, 5.74) is 2.86. The topological polar surface area (TPSA) is 111 Å². The predicted octanol–water partition coefficient (Wildman–Crippen LogP) is 7.40. The van der Waals surface area contributed by atoms with Crippen LogP contribution in [0.5, 0.6) is 11.5 Å². The molecule has 0 saturated carbocycles. The van der Waals surface area contributed by atoms with E-state index in [1.165, 1.54) is 18.2 Å². The molecular weight excluding hydrogens is 422 g/mol. The molecule has 0 N–H and O–H groups in total. The maximum Gasteiger partial charge on any atom is 0.271 e. The third-order valence-corrected chi connectivity index (χ3v) is 4.54. The van der Waals surface area contributed by atoms with Crippen molar-refractivity contribution >= 4 is 40.0 Å². The molecule has 3 rings (SSSR count). The summed E-state index contributed by atoms with van der Waals surface area (Å²) in [6.45, 7) is 1.92. The van der Waals surface area contributed by atoms with Crippen LogP contribution in [0.2, 0.25) is 5.02 Å². The van der Waals surface area contributed by atoms with Gasteiger partial charge in [0.25, 0.3) is 5.69 Å². The predicted molar refractivity (Wildman–Crippen MR) is 117 cm³/mol. The number of benzene rings is 3. The standard InChI is InChI=1S/C21H18ClN5O4/c1-13-10-21(31-3)19(12-20(13)30-2)26-24-15-6-4-14(5-7-15)23-25-18-9-8-16(27(28)29)11-17(18)22/h4-12H,1-3H3. The fraction of sp³-hybridized carbons (Fsp3) is 0.143. The maximum atomic E-state index is 10.8. The summed E-state index contributed by atoms with van der Waals surface area (Å²) in [5.74, 6) is 1.28. The Morgan fingerprint density at radius 3 is 1.90 bits per heavy atom. The van der Waals surface area contributed by atoms with E-state index in [2.05, 4.69) is 20.5 Å². The van der Waals surface area contributed by atoms with Crippen molar-refractivity contribution < 1.29 is 14.4 Å². The summed E-state index contributed by atoms with van der Waals surface area (Å²) in [7, 11) is 3.16. The van der Waals surface area contributed by atoms with Gasteiger partial charge in [-0.15, -0.1) is 10.2 Å².